The molecule has 2 atom stereocenters. The Labute approximate surface area is 102 Å². The van der Waals surface area contributed by atoms with Crippen molar-refractivity contribution in [2.75, 3.05) is 6.61 Å². The molecule has 1 amide bonds. The lowest BCUT2D eigenvalue weighted by Gasteiger charge is -2.27. The van der Waals surface area contributed by atoms with Gasteiger partial charge in [-0.05, 0) is 6.42 Å². The fourth-order valence-electron chi connectivity index (χ4n) is 2.41. The van der Waals surface area contributed by atoms with Crippen LogP contribution in [0, 0.1) is 0 Å². The van der Waals surface area contributed by atoms with E-state index in [1.54, 1.807) is 6.92 Å². The quantitative estimate of drug-likeness (QED) is 0.803. The number of rotatable bonds is 3. The number of hydrogen-bond donors (Lipinski definition) is 0. The smallest absolute Gasteiger partial charge is 0.222 e. The highest BCUT2D eigenvalue weighted by Gasteiger charge is 2.36. The van der Waals surface area contributed by atoms with Crippen molar-refractivity contribution in [3.63, 3.8) is 0 Å². The van der Waals surface area contributed by atoms with E-state index in [0.29, 0.717) is 6.61 Å². The van der Waals surface area contributed by atoms with Crippen LogP contribution >= 0.6 is 0 Å². The van der Waals surface area contributed by atoms with E-state index < -0.39 is 0 Å². The monoisotopic (exact) mass is 233 g/mol. The molecular weight excluding hydrogens is 214 g/mol. The van der Waals surface area contributed by atoms with E-state index in [1.807, 2.05) is 35.2 Å². The van der Waals surface area contributed by atoms with E-state index in [1.165, 1.54) is 0 Å². The van der Waals surface area contributed by atoms with Crippen LogP contribution in [0.4, 0.5) is 0 Å². The summed E-state index contributed by atoms with van der Waals surface area (Å²) < 4.78 is 5.78. The molecule has 1 aliphatic rings. The van der Waals surface area contributed by atoms with Crippen molar-refractivity contribution in [3.8, 4) is 0 Å². The van der Waals surface area contributed by atoms with Crippen molar-refractivity contribution in [2.45, 2.75) is 39.0 Å². The van der Waals surface area contributed by atoms with Gasteiger partial charge in [-0.25, -0.2) is 0 Å². The SMILES string of the molecule is CCC[C@H]1CO[C@H](c2ccccc2)N1C(C)=O. The standard InChI is InChI=1S/C14H19NO2/c1-3-7-13-10-17-14(15(13)11(2)16)12-8-5-4-6-9-12/h4-6,8-9,13-14H,3,7,10H2,1-2H3/t13-,14+/m0/s1. The number of ether oxygens (including phenoxy) is 1. The van der Waals surface area contributed by atoms with Crippen molar-refractivity contribution in [2.24, 2.45) is 0 Å². The second-order valence-electron chi connectivity index (χ2n) is 4.47. The summed E-state index contributed by atoms with van der Waals surface area (Å²) in [6.45, 7) is 4.40. The molecule has 0 N–H and O–H groups in total. The van der Waals surface area contributed by atoms with Gasteiger partial charge < -0.3 is 9.64 Å². The third kappa shape index (κ3) is 2.50. The van der Waals surface area contributed by atoms with Gasteiger partial charge in [0, 0.05) is 12.5 Å². The molecule has 0 unspecified atom stereocenters. The molecule has 0 radical (unpaired) electrons. The van der Waals surface area contributed by atoms with Crippen molar-refractivity contribution in [3.05, 3.63) is 35.9 Å². The number of amides is 1. The van der Waals surface area contributed by atoms with Gasteiger partial charge >= 0.3 is 0 Å². The molecule has 1 fully saturated rings. The summed E-state index contributed by atoms with van der Waals surface area (Å²) in [5, 5.41) is 0. The van der Waals surface area contributed by atoms with Gasteiger partial charge in [0.2, 0.25) is 5.91 Å². The van der Waals surface area contributed by atoms with Crippen molar-refractivity contribution in [1.82, 2.24) is 4.90 Å². The number of carbonyl (C=O) groups excluding carboxylic acids is 1. The molecule has 3 heteroatoms. The van der Waals surface area contributed by atoms with Crippen LogP contribution in [0.25, 0.3) is 0 Å². The van der Waals surface area contributed by atoms with Crippen LogP contribution in [-0.2, 0) is 9.53 Å². The molecule has 1 saturated heterocycles. The Morgan fingerprint density at radius 1 is 1.41 bits per heavy atom. The summed E-state index contributed by atoms with van der Waals surface area (Å²) >= 11 is 0. The molecule has 1 aromatic rings. The zero-order valence-electron chi connectivity index (χ0n) is 10.4. The second kappa shape index (κ2) is 5.32. The molecule has 1 heterocycles. The van der Waals surface area contributed by atoms with Gasteiger partial charge in [0.25, 0.3) is 0 Å². The number of benzene rings is 1. The molecule has 0 bridgehead atoms. The van der Waals surface area contributed by atoms with Gasteiger partial charge in [0.1, 0.15) is 0 Å². The molecule has 0 spiro atoms. The Bertz CT molecular complexity index is 377. The molecular formula is C14H19NO2. The first-order valence-corrected chi connectivity index (χ1v) is 6.19. The van der Waals surface area contributed by atoms with E-state index in [4.69, 9.17) is 4.74 Å². The molecule has 2 rings (SSSR count). The van der Waals surface area contributed by atoms with Crippen molar-refractivity contribution < 1.29 is 9.53 Å². The van der Waals surface area contributed by atoms with Crippen LogP contribution in [0.5, 0.6) is 0 Å². The van der Waals surface area contributed by atoms with Gasteiger partial charge in [-0.15, -0.1) is 0 Å². The topological polar surface area (TPSA) is 29.5 Å². The average Bonchev–Trinajstić information content (AvgIpc) is 2.74. The molecule has 0 aromatic heterocycles. The molecule has 17 heavy (non-hydrogen) atoms. The van der Waals surface area contributed by atoms with Gasteiger partial charge in [-0.2, -0.15) is 0 Å². The minimum atomic E-state index is -0.203. The summed E-state index contributed by atoms with van der Waals surface area (Å²) in [5.41, 5.74) is 1.06. The Morgan fingerprint density at radius 2 is 2.12 bits per heavy atom. The Morgan fingerprint density at radius 3 is 2.71 bits per heavy atom. The first kappa shape index (κ1) is 12.1. The number of nitrogens with zero attached hydrogens (tertiary/aromatic N) is 1. The van der Waals surface area contributed by atoms with Crippen molar-refractivity contribution >= 4 is 5.91 Å². The summed E-state index contributed by atoms with van der Waals surface area (Å²) in [4.78, 5) is 13.6. The van der Waals surface area contributed by atoms with E-state index in [-0.39, 0.29) is 18.2 Å². The maximum Gasteiger partial charge on any atom is 0.222 e. The Balaban J connectivity index is 2.21. The second-order valence-corrected chi connectivity index (χ2v) is 4.47. The van der Waals surface area contributed by atoms with Crippen LogP contribution in [0.1, 0.15) is 38.5 Å². The van der Waals surface area contributed by atoms with Crippen LogP contribution in [0.15, 0.2) is 30.3 Å². The van der Waals surface area contributed by atoms with Gasteiger partial charge in [0.05, 0.1) is 12.6 Å². The first-order valence-electron chi connectivity index (χ1n) is 6.19. The molecule has 0 aliphatic carbocycles. The van der Waals surface area contributed by atoms with Gasteiger partial charge in [-0.1, -0.05) is 43.7 Å². The Kier molecular flexibility index (Phi) is 3.79. The predicted octanol–water partition coefficient (Wildman–Crippen LogP) is 2.73. The predicted molar refractivity (Wildman–Crippen MR) is 66.4 cm³/mol. The van der Waals surface area contributed by atoms with E-state index in [0.717, 1.165) is 18.4 Å². The molecule has 92 valence electrons. The zero-order valence-corrected chi connectivity index (χ0v) is 10.4. The molecule has 1 aliphatic heterocycles. The van der Waals surface area contributed by atoms with Gasteiger partial charge in [0.15, 0.2) is 6.23 Å². The Hall–Kier alpha value is -1.35. The lowest BCUT2D eigenvalue weighted by molar-refractivity contribution is -0.135. The lowest BCUT2D eigenvalue weighted by atomic mass is 10.1. The number of hydrogen-bond acceptors (Lipinski definition) is 2. The summed E-state index contributed by atoms with van der Waals surface area (Å²) in [5.74, 6) is 0.0924. The summed E-state index contributed by atoms with van der Waals surface area (Å²) in [6, 6.07) is 10.2. The maximum absolute atomic E-state index is 11.8. The zero-order chi connectivity index (χ0) is 12.3. The fraction of sp³-hybridized carbons (Fsp3) is 0.500. The minimum Gasteiger partial charge on any atom is -0.352 e. The van der Waals surface area contributed by atoms with Crippen LogP contribution < -0.4 is 0 Å². The minimum absolute atomic E-state index is 0.0924. The lowest BCUT2D eigenvalue weighted by Crippen LogP contribution is -2.36. The van der Waals surface area contributed by atoms with Crippen LogP contribution in [-0.4, -0.2) is 23.5 Å². The van der Waals surface area contributed by atoms with Crippen molar-refractivity contribution in [1.29, 1.82) is 0 Å². The summed E-state index contributed by atoms with van der Waals surface area (Å²) in [7, 11) is 0. The van der Waals surface area contributed by atoms with Crippen LogP contribution in [0.2, 0.25) is 0 Å². The highest BCUT2D eigenvalue weighted by molar-refractivity contribution is 5.74. The largest absolute Gasteiger partial charge is 0.352 e. The normalized spacial score (nSPS) is 24.0. The van der Waals surface area contributed by atoms with E-state index >= 15 is 0 Å². The maximum atomic E-state index is 11.8. The van der Waals surface area contributed by atoms with E-state index in [2.05, 4.69) is 6.92 Å². The summed E-state index contributed by atoms with van der Waals surface area (Å²) in [6.07, 6.45) is 1.87. The molecule has 1 aromatic carbocycles. The third-order valence-electron chi connectivity index (χ3n) is 3.16. The first-order chi connectivity index (χ1) is 8.24. The number of carbonyl (C=O) groups is 1. The highest BCUT2D eigenvalue weighted by Crippen LogP contribution is 2.32. The highest BCUT2D eigenvalue weighted by atomic mass is 16.5. The third-order valence-corrected chi connectivity index (χ3v) is 3.16. The fourth-order valence-corrected chi connectivity index (χ4v) is 2.41. The molecule has 3 nitrogen and oxygen atoms in total. The van der Waals surface area contributed by atoms with Gasteiger partial charge in [-0.3, -0.25) is 4.79 Å². The molecule has 0 saturated carbocycles. The van der Waals surface area contributed by atoms with E-state index in [9.17, 15) is 4.79 Å². The average molecular weight is 233 g/mol. The van der Waals surface area contributed by atoms with Crippen LogP contribution in [0.3, 0.4) is 0 Å².